The molecule has 1 aromatic heterocycles. The van der Waals surface area contributed by atoms with E-state index in [1.54, 1.807) is 6.08 Å². The fourth-order valence-electron chi connectivity index (χ4n) is 9.35. The van der Waals surface area contributed by atoms with Gasteiger partial charge in [0.25, 0.3) is 0 Å². The average molecular weight is 1070 g/mol. The van der Waals surface area contributed by atoms with Crippen molar-refractivity contribution in [1.82, 2.24) is 0 Å². The monoisotopic (exact) mass is 1060 g/mol. The van der Waals surface area contributed by atoms with Gasteiger partial charge in [0.1, 0.15) is 11.2 Å². The third-order valence-electron chi connectivity index (χ3n) is 13.5. The molecule has 1 heterocycles. The lowest BCUT2D eigenvalue weighted by molar-refractivity contribution is 0.668. The second kappa shape index (κ2) is 32.5. The number of allylic oxidation sites excluding steroid dienone is 15. The molecule has 0 fully saturated rings. The van der Waals surface area contributed by atoms with E-state index >= 15 is 0 Å². The van der Waals surface area contributed by atoms with Crippen LogP contribution >= 0.6 is 12.6 Å². The highest BCUT2D eigenvalue weighted by molar-refractivity contribution is 7.80. The summed E-state index contributed by atoms with van der Waals surface area (Å²) in [7, 11) is 0. The summed E-state index contributed by atoms with van der Waals surface area (Å²) in [6.45, 7) is 26.4. The second-order valence-corrected chi connectivity index (χ2v) is 20.0. The molecule has 0 amide bonds. The molecular formula is C78H80OS. The first-order valence-electron chi connectivity index (χ1n) is 28.1. The van der Waals surface area contributed by atoms with Crippen LogP contribution in [0, 0.1) is 6.92 Å². The number of aryl methyl sites for hydroxylation is 2. The summed E-state index contributed by atoms with van der Waals surface area (Å²) in [6.07, 6.45) is 26.1. The van der Waals surface area contributed by atoms with Crippen molar-refractivity contribution in [3.63, 3.8) is 0 Å². The topological polar surface area (TPSA) is 13.1 Å². The summed E-state index contributed by atoms with van der Waals surface area (Å²) in [4.78, 5) is 0.992. The van der Waals surface area contributed by atoms with Crippen LogP contribution in [0.15, 0.2) is 284 Å². The minimum atomic E-state index is 0.924. The number of rotatable bonds is 17. The van der Waals surface area contributed by atoms with Crippen molar-refractivity contribution in [2.24, 2.45) is 0 Å². The molecule has 0 unspecified atom stereocenters. The number of thiol groups is 1. The first-order valence-corrected chi connectivity index (χ1v) is 28.6. The van der Waals surface area contributed by atoms with Crippen molar-refractivity contribution in [3.8, 4) is 22.3 Å². The number of benzene rings is 8. The molecule has 9 rings (SSSR count). The van der Waals surface area contributed by atoms with Crippen molar-refractivity contribution >= 4 is 62.4 Å². The second-order valence-electron chi connectivity index (χ2n) is 19.6. The number of para-hydroxylation sites is 2. The number of hydrogen-bond donors (Lipinski definition) is 1. The highest BCUT2D eigenvalue weighted by Gasteiger charge is 2.13. The fourth-order valence-corrected chi connectivity index (χ4v) is 9.75. The molecule has 0 radical (unpaired) electrons. The maximum atomic E-state index is 6.05. The molecule has 8 aromatic carbocycles. The Morgan fingerprint density at radius 1 is 0.550 bits per heavy atom. The predicted octanol–water partition coefficient (Wildman–Crippen LogP) is 23.5. The van der Waals surface area contributed by atoms with Gasteiger partial charge in [-0.05, 0) is 125 Å². The molecule has 9 aromatic rings. The van der Waals surface area contributed by atoms with Gasteiger partial charge in [-0.15, -0.1) is 12.6 Å². The lowest BCUT2D eigenvalue weighted by atomic mass is 9.94. The van der Waals surface area contributed by atoms with Crippen LogP contribution < -0.4 is 0 Å². The Morgan fingerprint density at radius 3 is 1.74 bits per heavy atom. The van der Waals surface area contributed by atoms with Crippen LogP contribution in [-0.2, 0) is 6.42 Å². The van der Waals surface area contributed by atoms with Crippen molar-refractivity contribution in [1.29, 1.82) is 0 Å². The Labute approximate surface area is 485 Å². The zero-order valence-corrected chi connectivity index (χ0v) is 49.2. The zero-order chi connectivity index (χ0) is 57.1. The first-order chi connectivity index (χ1) is 39.1. The Kier molecular flexibility index (Phi) is 24.7. The summed E-state index contributed by atoms with van der Waals surface area (Å²) < 4.78 is 6.05. The summed E-state index contributed by atoms with van der Waals surface area (Å²) in [5, 5.41) is 2.31. The van der Waals surface area contributed by atoms with Crippen molar-refractivity contribution in [2.75, 3.05) is 0 Å². The Balaban J connectivity index is 0.000000181. The van der Waals surface area contributed by atoms with Gasteiger partial charge in [-0.2, -0.15) is 0 Å². The van der Waals surface area contributed by atoms with Gasteiger partial charge in [0.05, 0.1) is 0 Å². The van der Waals surface area contributed by atoms with Crippen LogP contribution in [0.2, 0.25) is 0 Å². The van der Waals surface area contributed by atoms with Gasteiger partial charge in [0.15, 0.2) is 0 Å². The van der Waals surface area contributed by atoms with Crippen molar-refractivity contribution < 1.29 is 4.42 Å². The zero-order valence-electron chi connectivity index (χ0n) is 48.3. The standard InChI is InChI=1S/C28H30.C22H24S.C19H16O.C9H10/c1-4-9-27(23-11-7-6-8-12-23)21-28(10-5-2)26-19-17-25(18-20-26)24-15-13-22(3)14-16-24;1-4-7-10-18(6-3)20-11-8-12-21(22(20)23)19-15-13-17(9-5-2)14-16-19;1-3-8-14(9-4-2)15-11-7-12-17-16-10-5-6-13-18(16)20-19(15)17;1-8(2)9-6-4-3-5-7-9/h6-9,11-21H,4-5,10H2,1-3H3;4,6-8,10-16,23H,3,5,9H2,1-2H3;3-13H,1H2,2H3;3-7H,1H2,2H3/b27-9-,28-21+;7-4-,18-10+;9-4-,14-8+;. The predicted molar refractivity (Wildman–Crippen MR) is 358 cm³/mol. The normalized spacial score (nSPS) is 11.8. The SMILES string of the molecule is C=C(C)c1ccccc1.C=C/C(=C\C=C/C)c1cccc(-c2ccc(CCC)cc2)c1S.C=C/C=C(\C=C/C)c1cccc2c1oc1ccccc12.CC/C=C(/C=C(\CCC)c1ccc(-c2ccc(C)cc2)cc1)c1ccccc1. The molecule has 0 aliphatic carbocycles. The first kappa shape index (κ1) is 60.8. The summed E-state index contributed by atoms with van der Waals surface area (Å²) in [5.74, 6) is 0. The molecule has 0 saturated heterocycles. The quantitative estimate of drug-likeness (QED) is 0.0708. The van der Waals surface area contributed by atoms with E-state index in [0.717, 1.165) is 85.9 Å². The van der Waals surface area contributed by atoms with Crippen LogP contribution in [0.25, 0.3) is 72.1 Å². The molecule has 1 nitrogen and oxygen atoms in total. The van der Waals surface area contributed by atoms with Crippen LogP contribution in [0.4, 0.5) is 0 Å². The molecule has 0 aliphatic rings. The largest absolute Gasteiger partial charge is 0.455 e. The van der Waals surface area contributed by atoms with E-state index in [-0.39, 0.29) is 0 Å². The van der Waals surface area contributed by atoms with Gasteiger partial charge < -0.3 is 4.42 Å². The van der Waals surface area contributed by atoms with E-state index in [1.807, 2.05) is 87.5 Å². The fraction of sp³-hybridized carbons (Fsp3) is 0.154. The summed E-state index contributed by atoms with van der Waals surface area (Å²) in [6, 6.07) is 68.1. The summed E-state index contributed by atoms with van der Waals surface area (Å²) in [5.41, 5.74) is 21.5. The van der Waals surface area contributed by atoms with Crippen LogP contribution in [0.1, 0.15) is 106 Å². The van der Waals surface area contributed by atoms with Gasteiger partial charge in [-0.25, -0.2) is 0 Å². The van der Waals surface area contributed by atoms with Gasteiger partial charge in [0, 0.05) is 21.2 Å². The summed E-state index contributed by atoms with van der Waals surface area (Å²) >= 11 is 4.79. The molecule has 0 saturated carbocycles. The van der Waals surface area contributed by atoms with E-state index in [2.05, 4.69) is 229 Å². The van der Waals surface area contributed by atoms with Crippen LogP contribution in [0.3, 0.4) is 0 Å². The Morgan fingerprint density at radius 2 is 1.15 bits per heavy atom. The lowest BCUT2D eigenvalue weighted by Crippen LogP contribution is -1.89. The molecule has 0 spiro atoms. The minimum Gasteiger partial charge on any atom is -0.455 e. The average Bonchev–Trinajstić information content (AvgIpc) is 3.94. The number of hydrogen-bond acceptors (Lipinski definition) is 2. The van der Waals surface area contributed by atoms with Gasteiger partial charge in [-0.3, -0.25) is 0 Å². The molecule has 404 valence electrons. The smallest absolute Gasteiger partial charge is 0.143 e. The van der Waals surface area contributed by atoms with Crippen LogP contribution in [0.5, 0.6) is 0 Å². The van der Waals surface area contributed by atoms with E-state index in [9.17, 15) is 0 Å². The third kappa shape index (κ3) is 17.3. The van der Waals surface area contributed by atoms with Crippen LogP contribution in [-0.4, -0.2) is 0 Å². The van der Waals surface area contributed by atoms with E-state index < -0.39 is 0 Å². The van der Waals surface area contributed by atoms with Crippen molar-refractivity contribution in [3.05, 3.63) is 314 Å². The molecular weight excluding hydrogens is 985 g/mol. The molecule has 80 heavy (non-hydrogen) atoms. The molecule has 0 aliphatic heterocycles. The highest BCUT2D eigenvalue weighted by Crippen LogP contribution is 2.36. The van der Waals surface area contributed by atoms with Gasteiger partial charge in [0.2, 0.25) is 0 Å². The number of fused-ring (bicyclic) bond motifs is 3. The molecule has 0 bridgehead atoms. The molecule has 0 N–H and O–H groups in total. The highest BCUT2D eigenvalue weighted by atomic mass is 32.1. The Hall–Kier alpha value is -8.43. The van der Waals surface area contributed by atoms with Gasteiger partial charge >= 0.3 is 0 Å². The lowest BCUT2D eigenvalue weighted by Gasteiger charge is -2.12. The van der Waals surface area contributed by atoms with E-state index in [1.165, 1.54) is 62.1 Å². The molecule has 2 heteroatoms. The van der Waals surface area contributed by atoms with Crippen molar-refractivity contribution in [2.45, 2.75) is 85.5 Å². The van der Waals surface area contributed by atoms with Gasteiger partial charge in [-0.1, -0.05) is 313 Å². The Bertz CT molecular complexity index is 3590. The maximum absolute atomic E-state index is 6.05. The molecule has 0 atom stereocenters. The number of furan rings is 1. The third-order valence-corrected chi connectivity index (χ3v) is 14.0. The minimum absolute atomic E-state index is 0.924. The maximum Gasteiger partial charge on any atom is 0.143 e. The van der Waals surface area contributed by atoms with E-state index in [4.69, 9.17) is 17.0 Å². The van der Waals surface area contributed by atoms with E-state index in [0.29, 0.717) is 0 Å².